The first-order chi connectivity index (χ1) is 8.25. The van der Waals surface area contributed by atoms with E-state index in [4.69, 9.17) is 0 Å². The number of amides is 1. The Bertz CT molecular complexity index is 369. The lowest BCUT2D eigenvalue weighted by atomic mass is 10.2. The van der Waals surface area contributed by atoms with Gasteiger partial charge in [-0.15, -0.1) is 0 Å². The number of hydrogen-bond acceptors (Lipinski definition) is 5. The van der Waals surface area contributed by atoms with Crippen molar-refractivity contribution >= 4 is 11.9 Å². The monoisotopic (exact) mass is 235 g/mol. The van der Waals surface area contributed by atoms with Crippen molar-refractivity contribution in [2.24, 2.45) is 0 Å². The fourth-order valence-electron chi connectivity index (χ4n) is 1.83. The van der Waals surface area contributed by atoms with Crippen LogP contribution >= 0.6 is 0 Å². The van der Waals surface area contributed by atoms with Gasteiger partial charge in [0, 0.05) is 38.1 Å². The van der Waals surface area contributed by atoms with Gasteiger partial charge in [-0.1, -0.05) is 0 Å². The molecule has 2 heterocycles. The molecule has 1 saturated heterocycles. The molecule has 2 rings (SSSR count). The Morgan fingerprint density at radius 2 is 2.35 bits per heavy atom. The summed E-state index contributed by atoms with van der Waals surface area (Å²) in [4.78, 5) is 21.8. The zero-order valence-electron chi connectivity index (χ0n) is 9.89. The Labute approximate surface area is 100 Å². The highest BCUT2D eigenvalue weighted by Crippen LogP contribution is 2.02. The SMILES string of the molecule is C[C@@H]1CNCCN1CC(=O)Nc1ncccn1. The van der Waals surface area contributed by atoms with E-state index in [9.17, 15) is 4.79 Å². The maximum Gasteiger partial charge on any atom is 0.240 e. The molecule has 0 aliphatic carbocycles. The molecule has 0 bridgehead atoms. The van der Waals surface area contributed by atoms with Crippen molar-refractivity contribution in [1.29, 1.82) is 0 Å². The quantitative estimate of drug-likeness (QED) is 0.753. The van der Waals surface area contributed by atoms with Gasteiger partial charge in [-0.05, 0) is 13.0 Å². The molecule has 1 aliphatic heterocycles. The van der Waals surface area contributed by atoms with Crippen LogP contribution in [0, 0.1) is 0 Å². The molecule has 1 amide bonds. The largest absolute Gasteiger partial charge is 0.314 e. The Balaban J connectivity index is 1.84. The van der Waals surface area contributed by atoms with E-state index in [2.05, 4.69) is 32.4 Å². The molecule has 0 radical (unpaired) electrons. The lowest BCUT2D eigenvalue weighted by Crippen LogP contribution is -2.52. The Morgan fingerprint density at radius 3 is 3.06 bits per heavy atom. The third-order valence-corrected chi connectivity index (χ3v) is 2.80. The number of carbonyl (C=O) groups is 1. The number of rotatable bonds is 3. The zero-order chi connectivity index (χ0) is 12.1. The number of nitrogens with one attached hydrogen (secondary N) is 2. The minimum absolute atomic E-state index is 0.0649. The molecule has 1 fully saturated rings. The molecule has 1 aromatic heterocycles. The highest BCUT2D eigenvalue weighted by Gasteiger charge is 2.20. The van der Waals surface area contributed by atoms with Gasteiger partial charge in [0.2, 0.25) is 11.9 Å². The lowest BCUT2D eigenvalue weighted by molar-refractivity contribution is -0.118. The lowest BCUT2D eigenvalue weighted by Gasteiger charge is -2.33. The molecular formula is C11H17N5O. The van der Waals surface area contributed by atoms with Crippen molar-refractivity contribution in [3.05, 3.63) is 18.5 Å². The highest BCUT2D eigenvalue weighted by molar-refractivity contribution is 5.90. The van der Waals surface area contributed by atoms with Crippen molar-refractivity contribution in [2.45, 2.75) is 13.0 Å². The Kier molecular flexibility index (Phi) is 4.00. The molecule has 1 atom stereocenters. The van der Waals surface area contributed by atoms with Gasteiger partial charge in [0.15, 0.2) is 0 Å². The van der Waals surface area contributed by atoms with E-state index >= 15 is 0 Å². The van der Waals surface area contributed by atoms with Crippen molar-refractivity contribution < 1.29 is 4.79 Å². The summed E-state index contributed by atoms with van der Waals surface area (Å²) in [5.74, 6) is 0.297. The number of anilines is 1. The van der Waals surface area contributed by atoms with Crippen LogP contribution < -0.4 is 10.6 Å². The third kappa shape index (κ3) is 3.47. The second kappa shape index (κ2) is 5.70. The molecule has 92 valence electrons. The molecule has 0 spiro atoms. The first-order valence-corrected chi connectivity index (χ1v) is 5.77. The maximum atomic E-state index is 11.8. The highest BCUT2D eigenvalue weighted by atomic mass is 16.2. The van der Waals surface area contributed by atoms with Crippen molar-refractivity contribution in [3.8, 4) is 0 Å². The van der Waals surface area contributed by atoms with E-state index in [0.29, 0.717) is 18.5 Å². The summed E-state index contributed by atoms with van der Waals surface area (Å²) in [7, 11) is 0. The maximum absolute atomic E-state index is 11.8. The number of nitrogens with zero attached hydrogens (tertiary/aromatic N) is 3. The number of aromatic nitrogens is 2. The first kappa shape index (κ1) is 11.9. The van der Waals surface area contributed by atoms with Crippen molar-refractivity contribution in [1.82, 2.24) is 20.2 Å². The van der Waals surface area contributed by atoms with Gasteiger partial charge in [-0.2, -0.15) is 0 Å². The van der Waals surface area contributed by atoms with E-state index in [1.54, 1.807) is 18.5 Å². The van der Waals surface area contributed by atoms with Gasteiger partial charge in [-0.25, -0.2) is 9.97 Å². The molecule has 0 unspecified atom stereocenters. The molecule has 0 aromatic carbocycles. The standard InChI is InChI=1S/C11H17N5O/c1-9-7-12-5-6-16(9)8-10(17)15-11-13-3-2-4-14-11/h2-4,9,12H,5-8H2,1H3,(H,13,14,15,17)/t9-/m1/s1. The number of carbonyl (C=O) groups excluding carboxylic acids is 1. The van der Waals surface area contributed by atoms with Crippen LogP contribution in [0.2, 0.25) is 0 Å². The zero-order valence-corrected chi connectivity index (χ0v) is 9.89. The Morgan fingerprint density at radius 1 is 1.59 bits per heavy atom. The number of piperazine rings is 1. The first-order valence-electron chi connectivity index (χ1n) is 5.77. The third-order valence-electron chi connectivity index (χ3n) is 2.80. The van der Waals surface area contributed by atoms with E-state index in [0.717, 1.165) is 19.6 Å². The summed E-state index contributed by atoms with van der Waals surface area (Å²) in [5, 5.41) is 5.98. The van der Waals surface area contributed by atoms with Gasteiger partial charge < -0.3 is 5.32 Å². The minimum atomic E-state index is -0.0649. The van der Waals surface area contributed by atoms with Crippen molar-refractivity contribution in [2.75, 3.05) is 31.5 Å². The number of hydrogen-bond donors (Lipinski definition) is 2. The molecule has 6 heteroatoms. The Hall–Kier alpha value is -1.53. The van der Waals surface area contributed by atoms with E-state index < -0.39 is 0 Å². The van der Waals surface area contributed by atoms with Crippen LogP contribution in [-0.4, -0.2) is 53.0 Å². The summed E-state index contributed by atoms with van der Waals surface area (Å²) in [6, 6.07) is 2.10. The summed E-state index contributed by atoms with van der Waals surface area (Å²) in [6.45, 7) is 5.25. The molecular weight excluding hydrogens is 218 g/mol. The van der Waals surface area contributed by atoms with Crippen LogP contribution in [0.1, 0.15) is 6.92 Å². The van der Waals surface area contributed by atoms with Gasteiger partial charge in [0.1, 0.15) is 0 Å². The second-order valence-corrected chi connectivity index (χ2v) is 4.14. The predicted octanol–water partition coefficient (Wildman–Crippen LogP) is -0.291. The van der Waals surface area contributed by atoms with E-state index in [1.807, 2.05) is 0 Å². The summed E-state index contributed by atoms with van der Waals surface area (Å²) < 4.78 is 0. The fraction of sp³-hybridized carbons (Fsp3) is 0.545. The van der Waals surface area contributed by atoms with Crippen LogP contribution in [-0.2, 0) is 4.79 Å². The summed E-state index contributed by atoms with van der Waals surface area (Å²) >= 11 is 0. The fourth-order valence-corrected chi connectivity index (χ4v) is 1.83. The van der Waals surface area contributed by atoms with Crippen LogP contribution in [0.3, 0.4) is 0 Å². The summed E-state index contributed by atoms with van der Waals surface area (Å²) in [5.41, 5.74) is 0. The smallest absolute Gasteiger partial charge is 0.240 e. The topological polar surface area (TPSA) is 70.2 Å². The molecule has 2 N–H and O–H groups in total. The molecule has 17 heavy (non-hydrogen) atoms. The van der Waals surface area contributed by atoms with E-state index in [-0.39, 0.29) is 5.91 Å². The average Bonchev–Trinajstić information content (AvgIpc) is 2.33. The van der Waals surface area contributed by atoms with Crippen LogP contribution in [0.25, 0.3) is 0 Å². The van der Waals surface area contributed by atoms with Gasteiger partial charge in [0.25, 0.3) is 0 Å². The van der Waals surface area contributed by atoms with Crippen LogP contribution in [0.15, 0.2) is 18.5 Å². The molecule has 6 nitrogen and oxygen atoms in total. The second-order valence-electron chi connectivity index (χ2n) is 4.14. The minimum Gasteiger partial charge on any atom is -0.314 e. The van der Waals surface area contributed by atoms with E-state index in [1.165, 1.54) is 0 Å². The predicted molar refractivity (Wildman–Crippen MR) is 64.6 cm³/mol. The van der Waals surface area contributed by atoms with Gasteiger partial charge in [-0.3, -0.25) is 15.0 Å². The van der Waals surface area contributed by atoms with Crippen LogP contribution in [0.5, 0.6) is 0 Å². The van der Waals surface area contributed by atoms with Gasteiger partial charge >= 0.3 is 0 Å². The van der Waals surface area contributed by atoms with Crippen LogP contribution in [0.4, 0.5) is 5.95 Å². The molecule has 1 aromatic rings. The van der Waals surface area contributed by atoms with Gasteiger partial charge in [0.05, 0.1) is 6.54 Å². The average molecular weight is 235 g/mol. The summed E-state index contributed by atoms with van der Waals surface area (Å²) in [6.07, 6.45) is 3.21. The molecule has 0 saturated carbocycles. The van der Waals surface area contributed by atoms with Crippen molar-refractivity contribution in [3.63, 3.8) is 0 Å². The molecule has 1 aliphatic rings. The normalized spacial score (nSPS) is 21.1.